The number of fused-ring (bicyclic) bond motifs is 1. The molecule has 0 saturated carbocycles. The molecule has 9 nitrogen and oxygen atoms in total. The highest BCUT2D eigenvalue weighted by molar-refractivity contribution is 6.03. The number of anilines is 2. The first-order chi connectivity index (χ1) is 15.2. The van der Waals surface area contributed by atoms with Crippen LogP contribution in [0.15, 0.2) is 39.9 Å². The molecule has 3 heterocycles. The van der Waals surface area contributed by atoms with Gasteiger partial charge in [0.05, 0.1) is 23.3 Å². The third kappa shape index (κ3) is 3.89. The van der Waals surface area contributed by atoms with Crippen LogP contribution in [0.3, 0.4) is 0 Å². The number of carbonyl (C=O) groups excluding carboxylic acids is 1. The Labute approximate surface area is 183 Å². The van der Waals surface area contributed by atoms with Gasteiger partial charge in [-0.25, -0.2) is 14.2 Å². The molecule has 2 unspecified atom stereocenters. The van der Waals surface area contributed by atoms with Gasteiger partial charge in [-0.05, 0) is 44.2 Å². The molecule has 0 bridgehead atoms. The van der Waals surface area contributed by atoms with Crippen molar-refractivity contribution >= 4 is 28.3 Å². The molecule has 3 aromatic rings. The van der Waals surface area contributed by atoms with Gasteiger partial charge in [0.1, 0.15) is 17.2 Å². The topological polar surface area (TPSA) is 98.5 Å². The number of rotatable bonds is 3. The van der Waals surface area contributed by atoms with Crippen molar-refractivity contribution in [2.24, 2.45) is 14.1 Å². The number of aryl methyl sites for hydroxylation is 1. The lowest BCUT2D eigenvalue weighted by Crippen LogP contribution is -2.45. The van der Waals surface area contributed by atoms with Crippen molar-refractivity contribution in [3.63, 3.8) is 0 Å². The Bertz CT molecular complexity index is 1320. The van der Waals surface area contributed by atoms with E-state index in [-0.39, 0.29) is 34.6 Å². The van der Waals surface area contributed by atoms with Gasteiger partial charge in [0.15, 0.2) is 0 Å². The van der Waals surface area contributed by atoms with Crippen LogP contribution >= 0.6 is 0 Å². The molecule has 168 valence electrons. The third-order valence-corrected chi connectivity index (χ3v) is 5.50. The van der Waals surface area contributed by atoms with Crippen molar-refractivity contribution in [1.29, 1.82) is 0 Å². The molecule has 1 saturated heterocycles. The number of nitrogens with one attached hydrogen (secondary N) is 1. The summed E-state index contributed by atoms with van der Waals surface area (Å²) in [5.74, 6) is -1.04. The van der Waals surface area contributed by atoms with Gasteiger partial charge in [-0.1, -0.05) is 0 Å². The van der Waals surface area contributed by atoms with Crippen molar-refractivity contribution in [3.05, 3.63) is 62.7 Å². The number of morpholine rings is 1. The molecule has 10 heteroatoms. The Morgan fingerprint density at radius 1 is 1.09 bits per heavy atom. The van der Waals surface area contributed by atoms with Gasteiger partial charge in [-0.2, -0.15) is 0 Å². The monoisotopic (exact) mass is 441 g/mol. The normalized spacial score (nSPS) is 18.7. The maximum Gasteiger partial charge on any atom is 0.332 e. The van der Waals surface area contributed by atoms with Crippen LogP contribution in [0.5, 0.6) is 0 Å². The van der Waals surface area contributed by atoms with Crippen LogP contribution in [0.4, 0.5) is 15.8 Å². The molecule has 1 N–H and O–H groups in total. The molecule has 1 fully saturated rings. The summed E-state index contributed by atoms with van der Waals surface area (Å²) in [7, 11) is 2.85. The number of amides is 1. The van der Waals surface area contributed by atoms with E-state index in [2.05, 4.69) is 10.3 Å². The molecule has 0 spiro atoms. The van der Waals surface area contributed by atoms with E-state index in [9.17, 15) is 18.8 Å². The van der Waals surface area contributed by atoms with E-state index in [0.29, 0.717) is 18.8 Å². The van der Waals surface area contributed by atoms with E-state index >= 15 is 0 Å². The molecule has 4 rings (SSSR count). The molecular formula is C22H24FN5O4. The summed E-state index contributed by atoms with van der Waals surface area (Å²) in [6.45, 7) is 5.03. The second kappa shape index (κ2) is 8.19. The molecule has 1 aliphatic heterocycles. The Morgan fingerprint density at radius 2 is 1.78 bits per heavy atom. The maximum atomic E-state index is 14.8. The van der Waals surface area contributed by atoms with Gasteiger partial charge in [0, 0.05) is 32.9 Å². The summed E-state index contributed by atoms with van der Waals surface area (Å²) in [6.07, 6.45) is -0.0198. The third-order valence-electron chi connectivity index (χ3n) is 5.50. The highest BCUT2D eigenvalue weighted by Gasteiger charge is 2.24. The number of aromatic nitrogens is 3. The van der Waals surface area contributed by atoms with E-state index in [1.165, 1.54) is 36.9 Å². The highest BCUT2D eigenvalue weighted by Crippen LogP contribution is 2.26. The first-order valence-electron chi connectivity index (χ1n) is 10.2. The van der Waals surface area contributed by atoms with Crippen LogP contribution in [0.25, 0.3) is 11.0 Å². The van der Waals surface area contributed by atoms with Crippen LogP contribution in [-0.2, 0) is 18.8 Å². The molecule has 1 aromatic carbocycles. The first kappa shape index (κ1) is 21.7. The molecular weight excluding hydrogens is 417 g/mol. The fraction of sp³-hybridized carbons (Fsp3) is 0.364. The van der Waals surface area contributed by atoms with Crippen molar-refractivity contribution in [2.45, 2.75) is 26.1 Å². The number of benzene rings is 1. The Morgan fingerprint density at radius 3 is 2.44 bits per heavy atom. The van der Waals surface area contributed by atoms with E-state index in [1.54, 1.807) is 12.1 Å². The number of halogens is 1. The minimum Gasteiger partial charge on any atom is -0.372 e. The summed E-state index contributed by atoms with van der Waals surface area (Å²) < 4.78 is 22.7. The summed E-state index contributed by atoms with van der Waals surface area (Å²) in [5, 5.41) is 2.83. The van der Waals surface area contributed by atoms with Gasteiger partial charge in [0.2, 0.25) is 0 Å². The van der Waals surface area contributed by atoms with Gasteiger partial charge >= 0.3 is 5.69 Å². The lowest BCUT2D eigenvalue weighted by Gasteiger charge is -2.37. The van der Waals surface area contributed by atoms with Crippen LogP contribution in [0.1, 0.15) is 24.3 Å². The fourth-order valence-corrected chi connectivity index (χ4v) is 3.99. The molecule has 0 radical (unpaired) electrons. The van der Waals surface area contributed by atoms with E-state index in [0.717, 1.165) is 4.57 Å². The van der Waals surface area contributed by atoms with Crippen LogP contribution in [-0.4, -0.2) is 45.3 Å². The Balaban J connectivity index is 1.59. The van der Waals surface area contributed by atoms with Gasteiger partial charge in [0.25, 0.3) is 11.5 Å². The SMILES string of the molecule is CC1CN(c2ccc(NC(=O)c3ccc4c(=O)n(C)c(=O)n(C)c4n3)cc2F)CC(C)O1. The van der Waals surface area contributed by atoms with Crippen LogP contribution < -0.4 is 21.5 Å². The highest BCUT2D eigenvalue weighted by atomic mass is 19.1. The second-order valence-electron chi connectivity index (χ2n) is 8.06. The molecule has 0 aliphatic carbocycles. The van der Waals surface area contributed by atoms with Crippen molar-refractivity contribution in [2.75, 3.05) is 23.3 Å². The standard InChI is InChI=1S/C22H24FN5O4/c1-12-10-28(11-13(2)32-12)18-8-5-14(9-16(18)23)24-20(29)17-7-6-15-19(25-17)26(3)22(31)27(4)21(15)30/h5-9,12-13H,10-11H2,1-4H3,(H,24,29). The number of hydrogen-bond acceptors (Lipinski definition) is 6. The van der Waals surface area contributed by atoms with Crippen molar-refractivity contribution in [3.8, 4) is 0 Å². The number of pyridine rings is 1. The van der Waals surface area contributed by atoms with Crippen molar-refractivity contribution in [1.82, 2.24) is 14.1 Å². The number of hydrogen-bond donors (Lipinski definition) is 1. The van der Waals surface area contributed by atoms with Crippen LogP contribution in [0, 0.1) is 5.82 Å². The number of ether oxygens (including phenoxy) is 1. The number of carbonyl (C=O) groups is 1. The van der Waals surface area contributed by atoms with E-state index in [4.69, 9.17) is 4.74 Å². The van der Waals surface area contributed by atoms with Crippen molar-refractivity contribution < 1.29 is 13.9 Å². The minimum atomic E-state index is -0.583. The quantitative estimate of drug-likeness (QED) is 0.664. The molecule has 1 amide bonds. The van der Waals surface area contributed by atoms with E-state index in [1.807, 2.05) is 18.7 Å². The predicted octanol–water partition coefficient (Wildman–Crippen LogP) is 1.64. The zero-order valence-corrected chi connectivity index (χ0v) is 18.3. The smallest absolute Gasteiger partial charge is 0.332 e. The second-order valence-corrected chi connectivity index (χ2v) is 8.06. The number of nitrogens with zero attached hydrogens (tertiary/aromatic N) is 4. The maximum absolute atomic E-state index is 14.8. The lowest BCUT2D eigenvalue weighted by atomic mass is 10.1. The lowest BCUT2D eigenvalue weighted by molar-refractivity contribution is -0.00539. The largest absolute Gasteiger partial charge is 0.372 e. The molecule has 32 heavy (non-hydrogen) atoms. The average molecular weight is 441 g/mol. The fourth-order valence-electron chi connectivity index (χ4n) is 3.99. The zero-order chi connectivity index (χ0) is 23.2. The van der Waals surface area contributed by atoms with Gasteiger partial charge < -0.3 is 15.0 Å². The summed E-state index contributed by atoms with van der Waals surface area (Å²) >= 11 is 0. The first-order valence-corrected chi connectivity index (χ1v) is 10.2. The van der Waals surface area contributed by atoms with E-state index < -0.39 is 23.0 Å². The molecule has 1 aliphatic rings. The van der Waals surface area contributed by atoms with Crippen LogP contribution in [0.2, 0.25) is 0 Å². The minimum absolute atomic E-state index is 0.000988. The summed E-state index contributed by atoms with van der Waals surface area (Å²) in [5.41, 5.74) is -0.224. The van der Waals surface area contributed by atoms with Gasteiger partial charge in [-0.3, -0.25) is 18.7 Å². The van der Waals surface area contributed by atoms with Gasteiger partial charge in [-0.15, -0.1) is 0 Å². The Hall–Kier alpha value is -3.53. The average Bonchev–Trinajstić information content (AvgIpc) is 2.75. The Kier molecular flexibility index (Phi) is 5.55. The molecule has 2 aromatic heterocycles. The molecule has 2 atom stereocenters. The zero-order valence-electron chi connectivity index (χ0n) is 18.3. The summed E-state index contributed by atoms with van der Waals surface area (Å²) in [6, 6.07) is 7.34. The summed E-state index contributed by atoms with van der Waals surface area (Å²) in [4.78, 5) is 43.2. The predicted molar refractivity (Wildman–Crippen MR) is 119 cm³/mol.